The van der Waals surface area contributed by atoms with Crippen LogP contribution in [-0.2, 0) is 6.42 Å². The minimum Gasteiger partial charge on any atom is -0.321 e. The summed E-state index contributed by atoms with van der Waals surface area (Å²) in [5, 5.41) is 0. The molecule has 0 aliphatic rings. The van der Waals surface area contributed by atoms with Crippen molar-refractivity contribution in [3.05, 3.63) is 29.8 Å². The molecule has 108 valence electrons. The van der Waals surface area contributed by atoms with Gasteiger partial charge in [0.25, 0.3) is 0 Å². The summed E-state index contributed by atoms with van der Waals surface area (Å²) >= 11 is 1.76. The van der Waals surface area contributed by atoms with Gasteiger partial charge in [-0.3, -0.25) is 0 Å². The van der Waals surface area contributed by atoms with E-state index in [1.165, 1.54) is 12.0 Å². The van der Waals surface area contributed by atoms with Crippen LogP contribution in [0.25, 0.3) is 0 Å². The van der Waals surface area contributed by atoms with Crippen LogP contribution >= 0.6 is 11.8 Å². The van der Waals surface area contributed by atoms with E-state index in [1.54, 1.807) is 11.8 Å². The van der Waals surface area contributed by atoms with Crippen LogP contribution < -0.4 is 10.9 Å². The summed E-state index contributed by atoms with van der Waals surface area (Å²) in [6.07, 6.45) is 4.49. The third-order valence-electron chi connectivity index (χ3n) is 3.75. The molecule has 1 unspecified atom stereocenters. The minimum atomic E-state index is 0.406. The molecule has 0 aromatic heterocycles. The molecule has 1 atom stereocenters. The zero-order valence-corrected chi connectivity index (χ0v) is 13.7. The number of thioether (sulfide) groups is 1. The Bertz CT molecular complexity index is 354. The fourth-order valence-electron chi connectivity index (χ4n) is 1.78. The average Bonchev–Trinajstić information content (AvgIpc) is 2.36. The predicted octanol–water partition coefficient (Wildman–Crippen LogP) is 4.54. The van der Waals surface area contributed by atoms with Crippen molar-refractivity contribution in [2.75, 3.05) is 17.6 Å². The summed E-state index contributed by atoms with van der Waals surface area (Å²) in [6.45, 7) is 9.31. The second kappa shape index (κ2) is 7.81. The van der Waals surface area contributed by atoms with E-state index < -0.39 is 0 Å². The van der Waals surface area contributed by atoms with Gasteiger partial charge in [-0.05, 0) is 48.1 Å². The Morgan fingerprint density at radius 1 is 1.16 bits per heavy atom. The van der Waals surface area contributed by atoms with Crippen molar-refractivity contribution in [1.29, 1.82) is 0 Å². The number of anilines is 1. The monoisotopic (exact) mass is 280 g/mol. The van der Waals surface area contributed by atoms with Crippen LogP contribution in [0, 0.1) is 11.3 Å². The van der Waals surface area contributed by atoms with E-state index in [1.807, 2.05) is 0 Å². The van der Waals surface area contributed by atoms with Gasteiger partial charge in [0.05, 0.1) is 5.88 Å². The normalized spacial score (nSPS) is 13.3. The van der Waals surface area contributed by atoms with Crippen molar-refractivity contribution in [2.24, 2.45) is 11.3 Å². The van der Waals surface area contributed by atoms with Crippen LogP contribution in [0.1, 0.15) is 39.7 Å². The molecule has 2 N–H and O–H groups in total. The molecular formula is C16H28N2S. The molecule has 0 heterocycles. The molecule has 0 aliphatic carbocycles. The molecule has 0 radical (unpaired) electrons. The highest BCUT2D eigenvalue weighted by Gasteiger charge is 2.19. The third kappa shape index (κ3) is 6.35. The number of aryl methyl sites for hydroxylation is 1. The Balaban J connectivity index is 2.40. The molecule has 0 saturated heterocycles. The number of hydrazine groups is 1. The Hall–Kier alpha value is -0.670. The zero-order valence-electron chi connectivity index (χ0n) is 12.9. The van der Waals surface area contributed by atoms with Crippen molar-refractivity contribution >= 4 is 17.4 Å². The summed E-state index contributed by atoms with van der Waals surface area (Å²) in [5.74, 6) is 1.65. The number of hydrogen-bond acceptors (Lipinski definition) is 3. The molecule has 19 heavy (non-hydrogen) atoms. The lowest BCUT2D eigenvalue weighted by Crippen LogP contribution is -2.20. The van der Waals surface area contributed by atoms with E-state index in [-0.39, 0.29) is 0 Å². The van der Waals surface area contributed by atoms with Crippen LogP contribution in [0.2, 0.25) is 0 Å². The van der Waals surface area contributed by atoms with Crippen LogP contribution in [0.15, 0.2) is 24.3 Å². The molecule has 0 aliphatic heterocycles. The van der Waals surface area contributed by atoms with E-state index in [0.29, 0.717) is 5.41 Å². The van der Waals surface area contributed by atoms with Gasteiger partial charge in [0.1, 0.15) is 0 Å². The van der Waals surface area contributed by atoms with Gasteiger partial charge in [-0.25, -0.2) is 5.43 Å². The maximum atomic E-state index is 3.19. The Labute approximate surface area is 122 Å². The van der Waals surface area contributed by atoms with Crippen LogP contribution in [0.4, 0.5) is 5.69 Å². The van der Waals surface area contributed by atoms with Crippen LogP contribution in [0.3, 0.4) is 0 Å². The molecule has 1 rings (SSSR count). The lowest BCUT2D eigenvalue weighted by molar-refractivity contribution is 0.247. The summed E-state index contributed by atoms with van der Waals surface area (Å²) in [4.78, 5) is 0. The lowest BCUT2D eigenvalue weighted by Gasteiger charge is -2.27. The molecule has 1 aromatic carbocycles. The smallest absolute Gasteiger partial charge is 0.0601 e. The van der Waals surface area contributed by atoms with Crippen molar-refractivity contribution in [2.45, 2.75) is 40.5 Å². The minimum absolute atomic E-state index is 0.406. The summed E-state index contributed by atoms with van der Waals surface area (Å²) in [5.41, 5.74) is 9.30. The maximum Gasteiger partial charge on any atom is 0.0601 e. The number of nitrogens with one attached hydrogen (secondary N) is 2. The van der Waals surface area contributed by atoms with Gasteiger partial charge in [0, 0.05) is 5.69 Å². The highest BCUT2D eigenvalue weighted by atomic mass is 32.2. The van der Waals surface area contributed by atoms with Crippen molar-refractivity contribution in [3.63, 3.8) is 0 Å². The van der Waals surface area contributed by atoms with E-state index >= 15 is 0 Å². The highest BCUT2D eigenvalue weighted by Crippen LogP contribution is 2.29. The number of hydrogen-bond donors (Lipinski definition) is 2. The maximum absolute atomic E-state index is 3.19. The van der Waals surface area contributed by atoms with Gasteiger partial charge in [-0.15, -0.1) is 11.8 Å². The quantitative estimate of drug-likeness (QED) is 0.435. The first-order chi connectivity index (χ1) is 8.93. The number of benzene rings is 1. The summed E-state index contributed by atoms with van der Waals surface area (Å²) in [6, 6.07) is 8.73. The lowest BCUT2D eigenvalue weighted by atomic mass is 9.79. The van der Waals surface area contributed by atoms with Gasteiger partial charge in [0.15, 0.2) is 0 Å². The molecule has 3 heteroatoms. The molecule has 1 aromatic rings. The SMILES string of the molecule is CSCNNc1ccc(CCC(C)C(C)(C)C)cc1. The Kier molecular flexibility index (Phi) is 6.73. The summed E-state index contributed by atoms with van der Waals surface area (Å²) in [7, 11) is 0. The zero-order chi connectivity index (χ0) is 14.3. The van der Waals surface area contributed by atoms with Gasteiger partial charge >= 0.3 is 0 Å². The Morgan fingerprint density at radius 2 is 1.79 bits per heavy atom. The van der Waals surface area contributed by atoms with Gasteiger partial charge in [-0.1, -0.05) is 39.8 Å². The molecule has 0 spiro atoms. The first kappa shape index (κ1) is 16.4. The fourth-order valence-corrected chi connectivity index (χ4v) is 2.00. The van der Waals surface area contributed by atoms with E-state index in [9.17, 15) is 0 Å². The first-order valence-electron chi connectivity index (χ1n) is 7.00. The number of rotatable bonds is 7. The largest absolute Gasteiger partial charge is 0.321 e. The average molecular weight is 280 g/mol. The van der Waals surface area contributed by atoms with E-state index in [2.05, 4.69) is 69.1 Å². The first-order valence-corrected chi connectivity index (χ1v) is 8.39. The Morgan fingerprint density at radius 3 is 2.32 bits per heavy atom. The van der Waals surface area contributed by atoms with Gasteiger partial charge in [-0.2, -0.15) is 0 Å². The molecule has 2 nitrogen and oxygen atoms in total. The van der Waals surface area contributed by atoms with Crippen LogP contribution in [0.5, 0.6) is 0 Å². The fraction of sp³-hybridized carbons (Fsp3) is 0.625. The van der Waals surface area contributed by atoms with Crippen molar-refractivity contribution in [1.82, 2.24) is 5.43 Å². The van der Waals surface area contributed by atoms with Crippen LogP contribution in [-0.4, -0.2) is 12.1 Å². The van der Waals surface area contributed by atoms with Gasteiger partial charge < -0.3 is 5.43 Å². The van der Waals surface area contributed by atoms with Crippen molar-refractivity contribution in [3.8, 4) is 0 Å². The standard InChI is InChI=1S/C16H28N2S/c1-13(16(2,3)4)6-7-14-8-10-15(11-9-14)18-17-12-19-5/h8-11,13,17-18H,6-7,12H2,1-5H3. The second-order valence-electron chi connectivity index (χ2n) is 6.24. The second-order valence-corrected chi connectivity index (χ2v) is 7.10. The highest BCUT2D eigenvalue weighted by molar-refractivity contribution is 7.98. The molecule has 0 saturated carbocycles. The summed E-state index contributed by atoms with van der Waals surface area (Å²) < 4.78 is 0. The molecule has 0 fully saturated rings. The molecule has 0 amide bonds. The van der Waals surface area contributed by atoms with Gasteiger partial charge in [0.2, 0.25) is 0 Å². The van der Waals surface area contributed by atoms with Crippen molar-refractivity contribution < 1.29 is 0 Å². The predicted molar refractivity (Wildman–Crippen MR) is 88.5 cm³/mol. The molecule has 0 bridgehead atoms. The third-order valence-corrected chi connectivity index (χ3v) is 4.18. The molecular weight excluding hydrogens is 252 g/mol. The topological polar surface area (TPSA) is 24.1 Å². The van der Waals surface area contributed by atoms with E-state index in [4.69, 9.17) is 0 Å². The van der Waals surface area contributed by atoms with E-state index in [0.717, 1.165) is 23.9 Å².